The lowest BCUT2D eigenvalue weighted by Crippen LogP contribution is -2.46. The first-order chi connectivity index (χ1) is 18.8. The Morgan fingerprint density at radius 2 is 1.10 bits per heavy atom. The standard InChI is InChI=1S/C32H59NO5S/c1-3-5-7-9-11-13-14-15-16-17-18-19-20-21-23-25-27-31(34)30(29-39(36,37)38)33-32(35)28-26-24-22-12-10-8-6-4-2/h15-16,19-20,25,27,30-31,34H,3-14,17-18,21-24,26,28-29H2,1-2H3,(H,33,35)(H,36,37,38)/b16-15+,20-19+,27-25+. The molecule has 2 atom stereocenters. The number of hydrogen-bond donors (Lipinski definition) is 3. The highest BCUT2D eigenvalue weighted by atomic mass is 32.2. The summed E-state index contributed by atoms with van der Waals surface area (Å²) in [6.45, 7) is 4.43. The van der Waals surface area contributed by atoms with Crippen LogP contribution in [-0.2, 0) is 14.9 Å². The molecule has 6 nitrogen and oxygen atoms in total. The first-order valence-corrected chi connectivity index (χ1v) is 17.3. The molecule has 0 bridgehead atoms. The van der Waals surface area contributed by atoms with E-state index in [-0.39, 0.29) is 12.3 Å². The van der Waals surface area contributed by atoms with Crippen LogP contribution < -0.4 is 5.32 Å². The number of hydrogen-bond acceptors (Lipinski definition) is 4. The van der Waals surface area contributed by atoms with Crippen molar-refractivity contribution in [3.8, 4) is 0 Å². The van der Waals surface area contributed by atoms with Crippen LogP contribution in [-0.4, -0.2) is 41.9 Å². The molecule has 7 heteroatoms. The number of amides is 1. The van der Waals surface area contributed by atoms with E-state index >= 15 is 0 Å². The summed E-state index contributed by atoms with van der Waals surface area (Å²) >= 11 is 0. The molecule has 0 spiro atoms. The van der Waals surface area contributed by atoms with Gasteiger partial charge in [0.2, 0.25) is 5.91 Å². The lowest BCUT2D eigenvalue weighted by atomic mass is 10.1. The summed E-state index contributed by atoms with van der Waals surface area (Å²) in [6, 6.07) is -1.07. The van der Waals surface area contributed by atoms with Gasteiger partial charge in [-0.25, -0.2) is 0 Å². The summed E-state index contributed by atoms with van der Waals surface area (Å²) in [5.41, 5.74) is 0. The maximum absolute atomic E-state index is 12.3. The molecule has 1 amide bonds. The number of nitrogens with one attached hydrogen (secondary N) is 1. The summed E-state index contributed by atoms with van der Waals surface area (Å²) in [4.78, 5) is 12.3. The third-order valence-electron chi connectivity index (χ3n) is 6.80. The van der Waals surface area contributed by atoms with E-state index < -0.39 is 28.0 Å². The Morgan fingerprint density at radius 3 is 1.62 bits per heavy atom. The Labute approximate surface area is 240 Å². The molecule has 3 N–H and O–H groups in total. The fourth-order valence-corrected chi connectivity index (χ4v) is 5.15. The normalized spacial score (nSPS) is 14.1. The van der Waals surface area contributed by atoms with Crippen LogP contribution in [0.15, 0.2) is 36.5 Å². The van der Waals surface area contributed by atoms with Gasteiger partial charge in [0.1, 0.15) is 0 Å². The summed E-state index contributed by atoms with van der Waals surface area (Å²) in [6.07, 6.45) is 32.8. The first kappa shape index (κ1) is 37.6. The summed E-state index contributed by atoms with van der Waals surface area (Å²) in [7, 11) is -4.34. The van der Waals surface area contributed by atoms with Crippen LogP contribution >= 0.6 is 0 Å². The van der Waals surface area contributed by atoms with Crippen molar-refractivity contribution in [2.24, 2.45) is 0 Å². The zero-order valence-electron chi connectivity index (χ0n) is 25.0. The van der Waals surface area contributed by atoms with E-state index in [9.17, 15) is 22.9 Å². The molecule has 0 aliphatic heterocycles. The van der Waals surface area contributed by atoms with Gasteiger partial charge in [-0.05, 0) is 44.9 Å². The predicted octanol–water partition coefficient (Wildman–Crippen LogP) is 8.23. The van der Waals surface area contributed by atoms with Gasteiger partial charge in [-0.15, -0.1) is 0 Å². The van der Waals surface area contributed by atoms with Crippen LogP contribution in [0.1, 0.15) is 142 Å². The van der Waals surface area contributed by atoms with Crippen LogP contribution in [0, 0.1) is 0 Å². The van der Waals surface area contributed by atoms with E-state index in [2.05, 4.69) is 43.5 Å². The van der Waals surface area contributed by atoms with E-state index in [1.54, 1.807) is 6.08 Å². The second kappa shape index (κ2) is 26.8. The van der Waals surface area contributed by atoms with Gasteiger partial charge in [0, 0.05) is 6.42 Å². The molecule has 39 heavy (non-hydrogen) atoms. The molecule has 0 heterocycles. The fraction of sp³-hybridized carbons (Fsp3) is 0.781. The molecule has 2 unspecified atom stereocenters. The van der Waals surface area contributed by atoms with Crippen molar-refractivity contribution < 1.29 is 22.9 Å². The van der Waals surface area contributed by atoms with Crippen LogP contribution in [0.2, 0.25) is 0 Å². The number of rotatable bonds is 27. The van der Waals surface area contributed by atoms with Crippen LogP contribution in [0.5, 0.6) is 0 Å². The van der Waals surface area contributed by atoms with Crippen LogP contribution in [0.3, 0.4) is 0 Å². The van der Waals surface area contributed by atoms with E-state index in [0.29, 0.717) is 6.42 Å². The SMILES string of the molecule is CCCCCCCC/C=C/CC/C=C/CC/C=C/C(O)C(CS(=O)(=O)O)NC(=O)CCCCCCCCCC. The molecule has 0 aromatic rings. The quantitative estimate of drug-likeness (QED) is 0.0525. The molecule has 0 aliphatic carbocycles. The van der Waals surface area contributed by atoms with Gasteiger partial charge >= 0.3 is 0 Å². The van der Waals surface area contributed by atoms with E-state index in [1.165, 1.54) is 83.1 Å². The molecule has 0 aromatic carbocycles. The second-order valence-corrected chi connectivity index (χ2v) is 12.2. The van der Waals surface area contributed by atoms with Crippen molar-refractivity contribution in [1.29, 1.82) is 0 Å². The van der Waals surface area contributed by atoms with Crippen molar-refractivity contribution in [3.05, 3.63) is 36.5 Å². The van der Waals surface area contributed by atoms with Gasteiger partial charge in [-0.2, -0.15) is 8.42 Å². The van der Waals surface area contributed by atoms with Gasteiger partial charge in [0.05, 0.1) is 17.9 Å². The molecule has 0 aromatic heterocycles. The van der Waals surface area contributed by atoms with Gasteiger partial charge < -0.3 is 10.4 Å². The van der Waals surface area contributed by atoms with Crippen LogP contribution in [0.4, 0.5) is 0 Å². The highest BCUT2D eigenvalue weighted by Crippen LogP contribution is 2.11. The van der Waals surface area contributed by atoms with Crippen molar-refractivity contribution in [2.75, 3.05) is 5.75 Å². The Morgan fingerprint density at radius 1 is 0.667 bits per heavy atom. The van der Waals surface area contributed by atoms with Crippen molar-refractivity contribution in [3.63, 3.8) is 0 Å². The highest BCUT2D eigenvalue weighted by Gasteiger charge is 2.24. The molecular weight excluding hydrogens is 510 g/mol. The maximum atomic E-state index is 12.3. The summed E-state index contributed by atoms with van der Waals surface area (Å²) < 4.78 is 32.1. The lowest BCUT2D eigenvalue weighted by Gasteiger charge is -2.21. The van der Waals surface area contributed by atoms with Crippen molar-refractivity contribution >= 4 is 16.0 Å². The van der Waals surface area contributed by atoms with Gasteiger partial charge in [-0.3, -0.25) is 9.35 Å². The van der Waals surface area contributed by atoms with Gasteiger partial charge in [0.15, 0.2) is 0 Å². The fourth-order valence-electron chi connectivity index (χ4n) is 4.42. The molecule has 0 radical (unpaired) electrons. The zero-order valence-corrected chi connectivity index (χ0v) is 25.8. The molecule has 0 saturated heterocycles. The zero-order chi connectivity index (χ0) is 29.0. The number of carbonyl (C=O) groups excluding carboxylic acids is 1. The number of allylic oxidation sites excluding steroid dienone is 5. The van der Waals surface area contributed by atoms with E-state index in [0.717, 1.165) is 38.5 Å². The molecular formula is C32H59NO5S. The minimum atomic E-state index is -4.34. The molecule has 0 fully saturated rings. The van der Waals surface area contributed by atoms with E-state index in [4.69, 9.17) is 0 Å². The minimum absolute atomic E-state index is 0.284. The Kier molecular flexibility index (Phi) is 25.8. The molecule has 0 saturated carbocycles. The Hall–Kier alpha value is -1.44. The smallest absolute Gasteiger partial charge is 0.267 e. The number of unbranched alkanes of at least 4 members (excludes halogenated alkanes) is 15. The maximum Gasteiger partial charge on any atom is 0.267 e. The number of carbonyl (C=O) groups is 1. The Balaban J connectivity index is 4.16. The summed E-state index contributed by atoms with van der Waals surface area (Å²) in [5.74, 6) is -1.01. The van der Waals surface area contributed by atoms with E-state index in [1.807, 2.05) is 0 Å². The van der Waals surface area contributed by atoms with Crippen molar-refractivity contribution in [2.45, 2.75) is 154 Å². The summed E-state index contributed by atoms with van der Waals surface area (Å²) in [5, 5.41) is 13.0. The average Bonchev–Trinajstić information content (AvgIpc) is 2.88. The first-order valence-electron chi connectivity index (χ1n) is 15.7. The monoisotopic (exact) mass is 569 g/mol. The van der Waals surface area contributed by atoms with Crippen LogP contribution in [0.25, 0.3) is 0 Å². The van der Waals surface area contributed by atoms with Gasteiger partial charge in [-0.1, -0.05) is 127 Å². The predicted molar refractivity (Wildman–Crippen MR) is 165 cm³/mol. The topological polar surface area (TPSA) is 104 Å². The molecule has 0 rings (SSSR count). The van der Waals surface area contributed by atoms with Crippen molar-refractivity contribution in [1.82, 2.24) is 5.32 Å². The molecule has 228 valence electrons. The Bertz CT molecular complexity index is 761. The lowest BCUT2D eigenvalue weighted by molar-refractivity contribution is -0.122. The number of aliphatic hydroxyl groups is 1. The third kappa shape index (κ3) is 27.9. The molecule has 0 aliphatic rings. The van der Waals surface area contributed by atoms with Gasteiger partial charge in [0.25, 0.3) is 10.1 Å². The average molecular weight is 570 g/mol. The number of aliphatic hydroxyl groups excluding tert-OH is 1. The highest BCUT2D eigenvalue weighted by molar-refractivity contribution is 7.85. The largest absolute Gasteiger partial charge is 0.387 e. The second-order valence-electron chi connectivity index (χ2n) is 10.7. The minimum Gasteiger partial charge on any atom is -0.387 e. The third-order valence-corrected chi connectivity index (χ3v) is 7.58.